The molecule has 1 unspecified atom stereocenters. The van der Waals surface area contributed by atoms with E-state index >= 15 is 0 Å². The number of hydrogen-bond donors (Lipinski definition) is 0. The van der Waals surface area contributed by atoms with Crippen LogP contribution in [-0.2, 0) is 0 Å². The average Bonchev–Trinajstić information content (AvgIpc) is 3.56. The summed E-state index contributed by atoms with van der Waals surface area (Å²) in [6.45, 7) is 3.73. The molecule has 0 aromatic heterocycles. The molecule has 1 atom stereocenters. The third-order valence-electron chi connectivity index (χ3n) is 7.72. The second kappa shape index (κ2) is 9.18. The van der Waals surface area contributed by atoms with Gasteiger partial charge in [0, 0.05) is 0 Å². The van der Waals surface area contributed by atoms with Crippen molar-refractivity contribution < 1.29 is 13.5 Å². The molecule has 3 heteroatoms. The molecule has 2 saturated carbocycles. The fourth-order valence-electron chi connectivity index (χ4n) is 5.54. The monoisotopic (exact) mass is 402 g/mol. The number of halogens is 2. The van der Waals surface area contributed by atoms with E-state index in [9.17, 15) is 8.78 Å². The Hall–Kier alpha value is -1.38. The van der Waals surface area contributed by atoms with Crippen molar-refractivity contribution in [2.45, 2.75) is 84.5 Å². The molecule has 29 heavy (non-hydrogen) atoms. The van der Waals surface area contributed by atoms with Gasteiger partial charge in [-0.3, -0.25) is 0 Å². The van der Waals surface area contributed by atoms with Gasteiger partial charge in [-0.15, -0.1) is 0 Å². The van der Waals surface area contributed by atoms with Crippen molar-refractivity contribution in [3.8, 4) is 5.75 Å². The lowest BCUT2D eigenvalue weighted by Crippen LogP contribution is -2.24. The zero-order valence-electron chi connectivity index (χ0n) is 18.1. The highest BCUT2D eigenvalue weighted by Gasteiger charge is 2.30. The van der Waals surface area contributed by atoms with E-state index in [1.807, 2.05) is 0 Å². The molecule has 0 spiro atoms. The Balaban J connectivity index is 1.23. The Bertz CT molecular complexity index is 742. The van der Waals surface area contributed by atoms with Crippen LogP contribution in [0.1, 0.15) is 81.8 Å². The molecule has 2 fully saturated rings. The Morgan fingerprint density at radius 1 is 0.828 bits per heavy atom. The molecule has 0 amide bonds. The lowest BCUT2D eigenvalue weighted by Gasteiger charge is -2.35. The summed E-state index contributed by atoms with van der Waals surface area (Å²) in [7, 11) is 0. The summed E-state index contributed by atoms with van der Waals surface area (Å²) in [5, 5.41) is 0. The van der Waals surface area contributed by atoms with Gasteiger partial charge in [-0.1, -0.05) is 44.6 Å². The highest BCUT2D eigenvalue weighted by Crippen LogP contribution is 2.42. The summed E-state index contributed by atoms with van der Waals surface area (Å²) < 4.78 is 33.7. The van der Waals surface area contributed by atoms with Crippen molar-refractivity contribution >= 4 is 0 Å². The number of allylic oxidation sites excluding steroid dienone is 1. The van der Waals surface area contributed by atoms with Gasteiger partial charge in [-0.05, 0) is 92.4 Å². The molecule has 0 saturated heterocycles. The first-order chi connectivity index (χ1) is 14.0. The smallest absolute Gasteiger partial charge is 0.201 e. The minimum absolute atomic E-state index is 0.0700. The van der Waals surface area contributed by atoms with Gasteiger partial charge in [0.15, 0.2) is 11.6 Å². The maximum Gasteiger partial charge on any atom is 0.201 e. The van der Waals surface area contributed by atoms with Gasteiger partial charge in [0.2, 0.25) is 5.82 Å². The van der Waals surface area contributed by atoms with Gasteiger partial charge in [0.25, 0.3) is 0 Å². The molecule has 0 aliphatic heterocycles. The Morgan fingerprint density at radius 2 is 1.48 bits per heavy atom. The highest BCUT2D eigenvalue weighted by atomic mass is 19.2. The van der Waals surface area contributed by atoms with E-state index in [1.165, 1.54) is 63.4 Å². The van der Waals surface area contributed by atoms with E-state index in [0.29, 0.717) is 17.7 Å². The van der Waals surface area contributed by atoms with Crippen molar-refractivity contribution in [1.29, 1.82) is 0 Å². The van der Waals surface area contributed by atoms with Crippen molar-refractivity contribution in [3.63, 3.8) is 0 Å². The van der Waals surface area contributed by atoms with Crippen LogP contribution in [-0.4, -0.2) is 6.61 Å². The number of rotatable bonds is 7. The molecule has 0 N–H and O–H groups in total. The molecular weight excluding hydrogens is 366 g/mol. The standard InChI is InChI=1S/C26H36F2O/c1-17-15-18(2)26(25(28)24(17)27)29-16-21-9-13-23(14-10-21)22-11-7-20(8-12-22)6-5-19-3-4-19/h9,15,19-20,22-23H,3-8,10-14,16H2,1-2H3. The quantitative estimate of drug-likeness (QED) is 0.425. The molecule has 3 aliphatic carbocycles. The fraction of sp³-hybridized carbons (Fsp3) is 0.692. The van der Waals surface area contributed by atoms with Crippen molar-refractivity contribution in [1.82, 2.24) is 0 Å². The van der Waals surface area contributed by atoms with E-state index in [4.69, 9.17) is 4.74 Å². The molecule has 1 aromatic rings. The van der Waals surface area contributed by atoms with Crippen molar-refractivity contribution in [3.05, 3.63) is 40.5 Å². The molecule has 1 aromatic carbocycles. The fourth-order valence-corrected chi connectivity index (χ4v) is 5.54. The molecule has 3 aliphatic rings. The molecule has 0 bridgehead atoms. The molecular formula is C26H36F2O. The highest BCUT2D eigenvalue weighted by molar-refractivity contribution is 5.38. The SMILES string of the molecule is Cc1cc(C)c(OCC2=CCC(C3CCC(CCC4CC4)CC3)CC2)c(F)c1F. The van der Waals surface area contributed by atoms with E-state index in [0.717, 1.165) is 36.5 Å². The van der Waals surface area contributed by atoms with Crippen LogP contribution in [0.4, 0.5) is 8.78 Å². The number of aryl methyl sites for hydroxylation is 2. The summed E-state index contributed by atoms with van der Waals surface area (Å²) in [5.41, 5.74) is 2.22. The molecule has 4 rings (SSSR count). The van der Waals surface area contributed by atoms with Crippen LogP contribution in [0.5, 0.6) is 5.75 Å². The minimum atomic E-state index is -0.852. The first-order valence-electron chi connectivity index (χ1n) is 11.8. The lowest BCUT2D eigenvalue weighted by atomic mass is 9.70. The van der Waals surface area contributed by atoms with Gasteiger partial charge in [-0.25, -0.2) is 4.39 Å². The molecule has 0 radical (unpaired) electrons. The number of hydrogen-bond acceptors (Lipinski definition) is 1. The predicted octanol–water partition coefficient (Wildman–Crippen LogP) is 7.68. The van der Waals surface area contributed by atoms with E-state index in [-0.39, 0.29) is 5.75 Å². The van der Waals surface area contributed by atoms with Crippen LogP contribution < -0.4 is 4.74 Å². The maximum absolute atomic E-state index is 14.2. The predicted molar refractivity (Wildman–Crippen MR) is 114 cm³/mol. The second-order valence-electron chi connectivity index (χ2n) is 9.95. The van der Waals surface area contributed by atoms with Gasteiger partial charge in [0.05, 0.1) is 0 Å². The van der Waals surface area contributed by atoms with Crippen LogP contribution in [0, 0.1) is 49.2 Å². The summed E-state index contributed by atoms with van der Waals surface area (Å²) in [6, 6.07) is 1.65. The van der Waals surface area contributed by atoms with Crippen LogP contribution in [0.15, 0.2) is 17.7 Å². The van der Waals surface area contributed by atoms with Gasteiger partial charge in [0.1, 0.15) is 6.61 Å². The van der Waals surface area contributed by atoms with Crippen LogP contribution in [0.2, 0.25) is 0 Å². The minimum Gasteiger partial charge on any atom is -0.486 e. The molecule has 160 valence electrons. The Morgan fingerprint density at radius 3 is 2.07 bits per heavy atom. The van der Waals surface area contributed by atoms with Crippen molar-refractivity contribution in [2.24, 2.45) is 23.7 Å². The average molecular weight is 403 g/mol. The third-order valence-corrected chi connectivity index (χ3v) is 7.72. The second-order valence-corrected chi connectivity index (χ2v) is 9.95. The van der Waals surface area contributed by atoms with Crippen molar-refractivity contribution in [2.75, 3.05) is 6.61 Å². The third kappa shape index (κ3) is 5.22. The molecule has 0 heterocycles. The zero-order valence-corrected chi connectivity index (χ0v) is 18.1. The first kappa shape index (κ1) is 20.9. The van der Waals surface area contributed by atoms with Gasteiger partial charge >= 0.3 is 0 Å². The Kier molecular flexibility index (Phi) is 6.61. The maximum atomic E-state index is 14.2. The largest absolute Gasteiger partial charge is 0.486 e. The summed E-state index contributed by atoms with van der Waals surface area (Å²) >= 11 is 0. The van der Waals surface area contributed by atoms with E-state index in [2.05, 4.69) is 6.08 Å². The van der Waals surface area contributed by atoms with E-state index < -0.39 is 11.6 Å². The van der Waals surface area contributed by atoms with Gasteiger partial charge < -0.3 is 4.74 Å². The number of benzene rings is 1. The summed E-state index contributed by atoms with van der Waals surface area (Å²) in [6.07, 6.45) is 17.3. The van der Waals surface area contributed by atoms with Gasteiger partial charge in [-0.2, -0.15) is 4.39 Å². The summed E-state index contributed by atoms with van der Waals surface area (Å²) in [4.78, 5) is 0. The Labute approximate surface area is 174 Å². The van der Waals surface area contributed by atoms with Crippen LogP contribution >= 0.6 is 0 Å². The molecule has 1 nitrogen and oxygen atoms in total. The van der Waals surface area contributed by atoms with Crippen LogP contribution in [0.3, 0.4) is 0 Å². The lowest BCUT2D eigenvalue weighted by molar-refractivity contribution is 0.182. The normalized spacial score (nSPS) is 27.6. The summed E-state index contributed by atoms with van der Waals surface area (Å²) in [5.74, 6) is 2.18. The van der Waals surface area contributed by atoms with Crippen LogP contribution in [0.25, 0.3) is 0 Å². The first-order valence-corrected chi connectivity index (χ1v) is 11.8. The van der Waals surface area contributed by atoms with E-state index in [1.54, 1.807) is 19.9 Å². The topological polar surface area (TPSA) is 9.23 Å². The zero-order chi connectivity index (χ0) is 20.4. The number of ether oxygens (including phenoxy) is 1.